The number of hydrogen-bond acceptors (Lipinski definition) is 3. The van der Waals surface area contributed by atoms with Gasteiger partial charge in [-0.05, 0) is 12.1 Å². The molecule has 2 rings (SSSR count). The number of aromatic nitrogens is 1. The first-order valence-electron chi connectivity index (χ1n) is 5.78. The van der Waals surface area contributed by atoms with Crippen LogP contribution in [0.4, 0.5) is 13.2 Å². The van der Waals surface area contributed by atoms with E-state index in [2.05, 4.69) is 10.3 Å². The molecule has 1 unspecified atom stereocenters. The molecule has 1 atom stereocenters. The molecule has 0 fully saturated rings. The summed E-state index contributed by atoms with van der Waals surface area (Å²) in [7, 11) is 0. The van der Waals surface area contributed by atoms with Crippen LogP contribution in [0.25, 0.3) is 0 Å². The number of nitrogens with one attached hydrogen (secondary N) is 1. The van der Waals surface area contributed by atoms with Crippen LogP contribution in [-0.2, 0) is 0 Å². The van der Waals surface area contributed by atoms with Gasteiger partial charge in [0, 0.05) is 29.5 Å². The zero-order valence-corrected chi connectivity index (χ0v) is 10.5. The molecule has 0 saturated heterocycles. The Morgan fingerprint density at radius 3 is 2.62 bits per heavy atom. The molecule has 1 N–H and O–H groups in total. The van der Waals surface area contributed by atoms with E-state index in [0.29, 0.717) is 6.07 Å². The number of carbonyl (C=O) groups excluding carboxylic acids is 1. The summed E-state index contributed by atoms with van der Waals surface area (Å²) in [5.74, 6) is -3.38. The molecule has 0 aliphatic carbocycles. The van der Waals surface area contributed by atoms with Gasteiger partial charge in [0.05, 0.1) is 6.07 Å². The molecule has 0 aliphatic rings. The van der Waals surface area contributed by atoms with Crippen molar-refractivity contribution in [2.45, 2.75) is 6.04 Å². The Balaban J connectivity index is 2.23. The van der Waals surface area contributed by atoms with Gasteiger partial charge in [0.25, 0.3) is 5.91 Å². The maximum absolute atomic E-state index is 13.6. The SMILES string of the molecule is N#CC(NC(=O)c1ccnc(F)c1)c1ccc(F)cc1F. The predicted molar refractivity (Wildman–Crippen MR) is 66.4 cm³/mol. The van der Waals surface area contributed by atoms with Crippen molar-refractivity contribution >= 4 is 5.91 Å². The van der Waals surface area contributed by atoms with Crippen molar-refractivity contribution in [1.82, 2.24) is 10.3 Å². The fourth-order valence-electron chi connectivity index (χ4n) is 1.67. The molecular weight excluding hydrogens is 283 g/mol. The van der Waals surface area contributed by atoms with Gasteiger partial charge in [-0.25, -0.2) is 13.8 Å². The van der Waals surface area contributed by atoms with Crippen molar-refractivity contribution in [3.63, 3.8) is 0 Å². The third kappa shape index (κ3) is 3.36. The molecule has 1 aromatic heterocycles. The van der Waals surface area contributed by atoms with Crippen molar-refractivity contribution in [2.24, 2.45) is 0 Å². The third-order valence-electron chi connectivity index (χ3n) is 2.67. The highest BCUT2D eigenvalue weighted by molar-refractivity contribution is 5.94. The number of halogens is 3. The first-order valence-corrected chi connectivity index (χ1v) is 5.78. The summed E-state index contributed by atoms with van der Waals surface area (Å²) >= 11 is 0. The molecule has 106 valence electrons. The van der Waals surface area contributed by atoms with Crippen molar-refractivity contribution in [2.75, 3.05) is 0 Å². The normalized spacial score (nSPS) is 11.5. The third-order valence-corrected chi connectivity index (χ3v) is 2.67. The number of nitriles is 1. The molecule has 0 aliphatic heterocycles. The van der Waals surface area contributed by atoms with E-state index in [0.717, 1.165) is 24.4 Å². The van der Waals surface area contributed by atoms with E-state index in [4.69, 9.17) is 5.26 Å². The quantitative estimate of drug-likeness (QED) is 0.884. The van der Waals surface area contributed by atoms with Crippen LogP contribution >= 0.6 is 0 Å². The molecule has 0 spiro atoms. The Hall–Kier alpha value is -2.88. The fourth-order valence-corrected chi connectivity index (χ4v) is 1.67. The number of carbonyl (C=O) groups is 1. The smallest absolute Gasteiger partial charge is 0.252 e. The predicted octanol–water partition coefficient (Wildman–Crippen LogP) is 2.49. The average molecular weight is 291 g/mol. The molecule has 4 nitrogen and oxygen atoms in total. The number of amides is 1. The number of rotatable bonds is 3. The van der Waals surface area contributed by atoms with Gasteiger partial charge >= 0.3 is 0 Å². The van der Waals surface area contributed by atoms with Crippen molar-refractivity contribution in [3.05, 3.63) is 65.2 Å². The van der Waals surface area contributed by atoms with Gasteiger partial charge in [-0.15, -0.1) is 0 Å². The van der Waals surface area contributed by atoms with E-state index in [1.165, 1.54) is 6.07 Å². The van der Waals surface area contributed by atoms with Crippen molar-refractivity contribution in [1.29, 1.82) is 5.26 Å². The van der Waals surface area contributed by atoms with Gasteiger partial charge in [0.2, 0.25) is 5.95 Å². The van der Waals surface area contributed by atoms with Gasteiger partial charge in [-0.2, -0.15) is 9.65 Å². The second-order valence-electron chi connectivity index (χ2n) is 4.07. The van der Waals surface area contributed by atoms with E-state index >= 15 is 0 Å². The molecule has 0 saturated carbocycles. The highest BCUT2D eigenvalue weighted by Gasteiger charge is 2.19. The molecular formula is C14H8F3N3O. The summed E-state index contributed by atoms with van der Waals surface area (Å²) in [5, 5.41) is 11.2. The van der Waals surface area contributed by atoms with Crippen LogP contribution in [0.2, 0.25) is 0 Å². The van der Waals surface area contributed by atoms with E-state index in [1.807, 2.05) is 0 Å². The minimum absolute atomic E-state index is 0.0646. The summed E-state index contributed by atoms with van der Waals surface area (Å²) < 4.78 is 39.3. The largest absolute Gasteiger partial charge is 0.332 e. The molecule has 2 aromatic rings. The highest BCUT2D eigenvalue weighted by Crippen LogP contribution is 2.18. The molecule has 0 radical (unpaired) electrons. The monoisotopic (exact) mass is 291 g/mol. The van der Waals surface area contributed by atoms with Gasteiger partial charge in [0.15, 0.2) is 0 Å². The second-order valence-corrected chi connectivity index (χ2v) is 4.07. The van der Waals surface area contributed by atoms with Crippen LogP contribution in [0.1, 0.15) is 22.0 Å². The average Bonchev–Trinajstić information content (AvgIpc) is 2.45. The standard InChI is InChI=1S/C14H8F3N3O/c15-9-1-2-10(11(16)6-9)12(7-18)20-14(21)8-3-4-19-13(17)5-8/h1-6,12H,(H,20,21). The summed E-state index contributed by atoms with van der Waals surface area (Å²) in [6.07, 6.45) is 1.09. The maximum Gasteiger partial charge on any atom is 0.252 e. The summed E-state index contributed by atoms with van der Waals surface area (Å²) in [5.41, 5.74) is -0.243. The van der Waals surface area contributed by atoms with Gasteiger partial charge in [-0.3, -0.25) is 4.79 Å². The first-order chi connectivity index (χ1) is 10.0. The first kappa shape index (κ1) is 14.5. The molecule has 1 amide bonds. The Morgan fingerprint density at radius 2 is 2.00 bits per heavy atom. The lowest BCUT2D eigenvalue weighted by Crippen LogP contribution is -2.28. The topological polar surface area (TPSA) is 65.8 Å². The Bertz CT molecular complexity index is 728. The number of pyridine rings is 1. The van der Waals surface area contributed by atoms with Crippen LogP contribution in [0.15, 0.2) is 36.5 Å². The van der Waals surface area contributed by atoms with E-state index in [9.17, 15) is 18.0 Å². The van der Waals surface area contributed by atoms with E-state index in [-0.39, 0.29) is 11.1 Å². The Kier molecular flexibility index (Phi) is 4.18. The summed E-state index contributed by atoms with van der Waals surface area (Å²) in [6.45, 7) is 0. The van der Waals surface area contributed by atoms with Gasteiger partial charge < -0.3 is 5.32 Å². The van der Waals surface area contributed by atoms with Crippen LogP contribution in [0.3, 0.4) is 0 Å². The molecule has 1 aromatic carbocycles. The molecule has 1 heterocycles. The summed E-state index contributed by atoms with van der Waals surface area (Å²) in [4.78, 5) is 15.2. The van der Waals surface area contributed by atoms with Crippen LogP contribution in [-0.4, -0.2) is 10.9 Å². The van der Waals surface area contributed by atoms with Crippen molar-refractivity contribution < 1.29 is 18.0 Å². The highest BCUT2D eigenvalue weighted by atomic mass is 19.1. The molecule has 0 bridgehead atoms. The van der Waals surface area contributed by atoms with Crippen LogP contribution < -0.4 is 5.32 Å². The van der Waals surface area contributed by atoms with Crippen LogP contribution in [0, 0.1) is 28.9 Å². The Morgan fingerprint density at radius 1 is 1.24 bits per heavy atom. The minimum atomic E-state index is -1.32. The lowest BCUT2D eigenvalue weighted by molar-refractivity contribution is 0.0944. The number of nitrogens with zero attached hydrogens (tertiary/aromatic N) is 2. The van der Waals surface area contributed by atoms with E-state index < -0.39 is 29.5 Å². The molecule has 7 heteroatoms. The fraction of sp³-hybridized carbons (Fsp3) is 0.0714. The minimum Gasteiger partial charge on any atom is -0.332 e. The molecule has 21 heavy (non-hydrogen) atoms. The lowest BCUT2D eigenvalue weighted by atomic mass is 10.1. The second kappa shape index (κ2) is 6.05. The number of hydrogen-bond donors (Lipinski definition) is 1. The van der Waals surface area contributed by atoms with Crippen molar-refractivity contribution in [3.8, 4) is 6.07 Å². The zero-order valence-electron chi connectivity index (χ0n) is 10.5. The lowest BCUT2D eigenvalue weighted by Gasteiger charge is -2.12. The summed E-state index contributed by atoms with van der Waals surface area (Å²) in [6, 6.07) is 5.13. The van der Waals surface area contributed by atoms with Gasteiger partial charge in [0.1, 0.15) is 17.7 Å². The van der Waals surface area contributed by atoms with E-state index in [1.54, 1.807) is 6.07 Å². The maximum atomic E-state index is 13.6. The zero-order chi connectivity index (χ0) is 15.4. The van der Waals surface area contributed by atoms with Crippen LogP contribution in [0.5, 0.6) is 0 Å². The van der Waals surface area contributed by atoms with Gasteiger partial charge in [-0.1, -0.05) is 6.07 Å². The number of benzene rings is 1. The Labute approximate surface area is 117 Å².